The molecule has 9 heteroatoms. The number of aromatic nitrogens is 3. The van der Waals surface area contributed by atoms with E-state index in [1.54, 1.807) is 0 Å². The van der Waals surface area contributed by atoms with Crippen molar-refractivity contribution < 1.29 is 17.2 Å². The molecular formula is C16H13F2N3O3S. The van der Waals surface area contributed by atoms with Crippen LogP contribution in [0, 0.1) is 11.6 Å². The summed E-state index contributed by atoms with van der Waals surface area (Å²) in [6.45, 7) is 0. The Morgan fingerprint density at radius 1 is 1.16 bits per heavy atom. The molecule has 0 atom stereocenters. The number of sulfone groups is 1. The zero-order valence-corrected chi connectivity index (χ0v) is 14.1. The van der Waals surface area contributed by atoms with E-state index in [0.29, 0.717) is 5.39 Å². The summed E-state index contributed by atoms with van der Waals surface area (Å²) in [5, 5.41) is 0.0550. The summed E-state index contributed by atoms with van der Waals surface area (Å²) >= 11 is 0. The van der Waals surface area contributed by atoms with Crippen LogP contribution in [0.3, 0.4) is 0 Å². The van der Waals surface area contributed by atoms with Gasteiger partial charge in [0.15, 0.2) is 0 Å². The van der Waals surface area contributed by atoms with Crippen LogP contribution in [0.4, 0.5) is 8.78 Å². The number of rotatable bonds is 3. The first-order valence-corrected chi connectivity index (χ1v) is 9.05. The van der Waals surface area contributed by atoms with Gasteiger partial charge in [0.05, 0.1) is 0 Å². The van der Waals surface area contributed by atoms with Gasteiger partial charge in [-0.1, -0.05) is 6.07 Å². The number of nitrogens with zero attached hydrogens (tertiary/aromatic N) is 3. The van der Waals surface area contributed by atoms with E-state index in [0.717, 1.165) is 18.4 Å². The summed E-state index contributed by atoms with van der Waals surface area (Å²) in [5.41, 5.74) is 0.140. The minimum absolute atomic E-state index is 0.0391. The lowest BCUT2D eigenvalue weighted by Gasteiger charge is -2.09. The summed E-state index contributed by atoms with van der Waals surface area (Å²) in [4.78, 5) is 20.2. The van der Waals surface area contributed by atoms with Gasteiger partial charge in [0.25, 0.3) is 5.56 Å². The van der Waals surface area contributed by atoms with Gasteiger partial charge in [-0.25, -0.2) is 22.2 Å². The highest BCUT2D eigenvalue weighted by molar-refractivity contribution is 7.90. The van der Waals surface area contributed by atoms with E-state index in [1.807, 2.05) is 0 Å². The van der Waals surface area contributed by atoms with Crippen LogP contribution in [-0.4, -0.2) is 29.2 Å². The third-order valence-electron chi connectivity index (χ3n) is 3.73. The molecule has 1 aromatic carbocycles. The number of benzene rings is 1. The molecule has 0 spiro atoms. The van der Waals surface area contributed by atoms with Gasteiger partial charge in [-0.05, 0) is 17.7 Å². The molecule has 0 aliphatic carbocycles. The van der Waals surface area contributed by atoms with Crippen LogP contribution in [-0.2, 0) is 23.3 Å². The topological polar surface area (TPSA) is 81.9 Å². The molecule has 0 unspecified atom stereocenters. The maximum Gasteiger partial charge on any atom is 0.255 e. The van der Waals surface area contributed by atoms with E-state index in [4.69, 9.17) is 0 Å². The maximum atomic E-state index is 13.8. The van der Waals surface area contributed by atoms with Crippen molar-refractivity contribution in [3.05, 3.63) is 63.6 Å². The van der Waals surface area contributed by atoms with Crippen molar-refractivity contribution in [2.75, 3.05) is 6.26 Å². The zero-order valence-electron chi connectivity index (χ0n) is 13.3. The fourth-order valence-electron chi connectivity index (χ4n) is 2.47. The third-order valence-corrected chi connectivity index (χ3v) is 4.59. The van der Waals surface area contributed by atoms with Crippen molar-refractivity contribution in [3.63, 3.8) is 0 Å². The van der Waals surface area contributed by atoms with Gasteiger partial charge >= 0.3 is 0 Å². The number of aryl methyl sites for hydroxylation is 1. The van der Waals surface area contributed by atoms with E-state index in [1.165, 1.54) is 29.9 Å². The Kier molecular flexibility index (Phi) is 4.11. The second-order valence-electron chi connectivity index (χ2n) is 5.65. The largest absolute Gasteiger partial charge is 0.295 e. The van der Waals surface area contributed by atoms with Crippen molar-refractivity contribution in [1.29, 1.82) is 0 Å². The molecule has 6 nitrogen and oxygen atoms in total. The molecule has 0 radical (unpaired) electrons. The molecule has 0 fully saturated rings. The summed E-state index contributed by atoms with van der Waals surface area (Å²) in [5.74, 6) is -1.44. The van der Waals surface area contributed by atoms with E-state index in [-0.39, 0.29) is 28.4 Å². The first-order chi connectivity index (χ1) is 11.7. The monoisotopic (exact) mass is 365 g/mol. The van der Waals surface area contributed by atoms with Gasteiger partial charge < -0.3 is 0 Å². The van der Waals surface area contributed by atoms with Crippen LogP contribution in [0.25, 0.3) is 11.0 Å². The lowest BCUT2D eigenvalue weighted by Crippen LogP contribution is -2.23. The van der Waals surface area contributed by atoms with E-state index < -0.39 is 27.0 Å². The molecule has 25 heavy (non-hydrogen) atoms. The molecule has 0 aliphatic rings. The fourth-order valence-corrected chi connectivity index (χ4v) is 2.97. The average molecular weight is 365 g/mol. The predicted molar refractivity (Wildman–Crippen MR) is 87.1 cm³/mol. The molecule has 130 valence electrons. The van der Waals surface area contributed by atoms with Gasteiger partial charge in [-0.15, -0.1) is 0 Å². The lowest BCUT2D eigenvalue weighted by molar-refractivity contribution is 0.574. The molecule has 0 aliphatic heterocycles. The normalized spacial score (nSPS) is 11.8. The van der Waals surface area contributed by atoms with Gasteiger partial charge in [0.1, 0.15) is 17.3 Å². The number of halogens is 2. The minimum atomic E-state index is -3.61. The second-order valence-corrected chi connectivity index (χ2v) is 7.56. The maximum absolute atomic E-state index is 13.8. The molecule has 2 heterocycles. The SMILES string of the molecule is Cn1c(=O)c(Cc2ccc(F)cc2F)cc2cnc(S(C)(=O)=O)nc21. The smallest absolute Gasteiger partial charge is 0.255 e. The number of fused-ring (bicyclic) bond motifs is 1. The van der Waals surface area contributed by atoms with Gasteiger partial charge in [0.2, 0.25) is 15.0 Å². The van der Waals surface area contributed by atoms with Gasteiger partial charge in [-0.3, -0.25) is 9.36 Å². The standard InChI is InChI=1S/C16H13F2N3O3S/c1-21-14-11(8-19-16(20-14)25(2,23)24)6-10(15(21)22)5-9-3-4-12(17)7-13(9)18/h3-4,6-8H,5H2,1-2H3. The molecule has 0 saturated carbocycles. The Labute approximate surface area is 141 Å². The molecule has 3 rings (SSSR count). The van der Waals surface area contributed by atoms with Crippen LogP contribution in [0.5, 0.6) is 0 Å². The zero-order chi connectivity index (χ0) is 18.4. The summed E-state index contributed by atoms with van der Waals surface area (Å²) in [7, 11) is -2.18. The fraction of sp³-hybridized carbons (Fsp3) is 0.188. The molecule has 0 saturated heterocycles. The summed E-state index contributed by atoms with van der Waals surface area (Å²) < 4.78 is 51.1. The van der Waals surface area contributed by atoms with Crippen LogP contribution >= 0.6 is 0 Å². The summed E-state index contributed by atoms with van der Waals surface area (Å²) in [6, 6.07) is 4.62. The Balaban J connectivity index is 2.15. The number of pyridine rings is 1. The van der Waals surface area contributed by atoms with Gasteiger partial charge in [-0.2, -0.15) is 4.98 Å². The molecule has 0 amide bonds. The highest BCUT2D eigenvalue weighted by Crippen LogP contribution is 2.17. The number of hydrogen-bond acceptors (Lipinski definition) is 5. The second kappa shape index (κ2) is 5.99. The van der Waals surface area contributed by atoms with Crippen molar-refractivity contribution in [2.45, 2.75) is 11.6 Å². The van der Waals surface area contributed by atoms with E-state index >= 15 is 0 Å². The summed E-state index contributed by atoms with van der Waals surface area (Å²) in [6.07, 6.45) is 2.23. The van der Waals surface area contributed by atoms with E-state index in [2.05, 4.69) is 9.97 Å². The molecule has 2 aromatic heterocycles. The van der Waals surface area contributed by atoms with Crippen molar-refractivity contribution in [1.82, 2.24) is 14.5 Å². The minimum Gasteiger partial charge on any atom is -0.295 e. The van der Waals surface area contributed by atoms with Crippen LogP contribution < -0.4 is 5.56 Å². The molecule has 0 N–H and O–H groups in total. The third kappa shape index (κ3) is 3.27. The Hall–Kier alpha value is -2.68. The van der Waals surface area contributed by atoms with Crippen LogP contribution in [0.1, 0.15) is 11.1 Å². The van der Waals surface area contributed by atoms with Crippen molar-refractivity contribution in [2.24, 2.45) is 7.05 Å². The van der Waals surface area contributed by atoms with Crippen molar-refractivity contribution >= 4 is 20.9 Å². The quantitative estimate of drug-likeness (QED) is 0.659. The predicted octanol–water partition coefficient (Wildman–Crippen LogP) is 1.60. The first kappa shape index (κ1) is 17.2. The van der Waals surface area contributed by atoms with Crippen LogP contribution in [0.15, 0.2) is 40.4 Å². The Morgan fingerprint density at radius 2 is 1.88 bits per heavy atom. The molecular weight excluding hydrogens is 352 g/mol. The average Bonchev–Trinajstić information content (AvgIpc) is 2.53. The Bertz CT molecular complexity index is 1160. The van der Waals surface area contributed by atoms with Crippen molar-refractivity contribution in [3.8, 4) is 0 Å². The molecule has 3 aromatic rings. The first-order valence-electron chi connectivity index (χ1n) is 7.16. The molecule has 0 bridgehead atoms. The highest BCUT2D eigenvalue weighted by Gasteiger charge is 2.16. The number of hydrogen-bond donors (Lipinski definition) is 0. The lowest BCUT2D eigenvalue weighted by atomic mass is 10.0. The van der Waals surface area contributed by atoms with Gasteiger partial charge in [0, 0.05) is 42.9 Å². The Morgan fingerprint density at radius 3 is 2.52 bits per heavy atom. The highest BCUT2D eigenvalue weighted by atomic mass is 32.2. The van der Waals surface area contributed by atoms with Crippen LogP contribution in [0.2, 0.25) is 0 Å². The van der Waals surface area contributed by atoms with E-state index in [9.17, 15) is 22.0 Å².